The molecule has 0 atom stereocenters. The SMILES string of the molecule is COc1c(C)cnc(COc2cc(Cl)ccc2N)c1C. The number of nitrogens with zero attached hydrogens (tertiary/aromatic N) is 1. The van der Waals surface area contributed by atoms with Crippen LogP contribution in [0.25, 0.3) is 0 Å². The van der Waals surface area contributed by atoms with Crippen LogP contribution in [0.15, 0.2) is 24.4 Å². The molecule has 0 unspecified atom stereocenters. The minimum atomic E-state index is 0.313. The molecule has 0 saturated heterocycles. The molecule has 1 aromatic carbocycles. The Balaban J connectivity index is 2.21. The maximum atomic E-state index is 5.93. The third kappa shape index (κ3) is 2.96. The summed E-state index contributed by atoms with van der Waals surface area (Å²) in [7, 11) is 1.65. The molecule has 106 valence electrons. The van der Waals surface area contributed by atoms with Crippen LogP contribution < -0.4 is 15.2 Å². The van der Waals surface area contributed by atoms with E-state index in [4.69, 9.17) is 26.8 Å². The zero-order valence-corrected chi connectivity index (χ0v) is 12.5. The molecule has 0 spiro atoms. The fourth-order valence-electron chi connectivity index (χ4n) is 2.00. The van der Waals surface area contributed by atoms with Crippen molar-refractivity contribution < 1.29 is 9.47 Å². The molecular weight excluding hydrogens is 276 g/mol. The fourth-order valence-corrected chi connectivity index (χ4v) is 2.16. The van der Waals surface area contributed by atoms with E-state index >= 15 is 0 Å². The van der Waals surface area contributed by atoms with Crippen molar-refractivity contribution in [1.29, 1.82) is 0 Å². The van der Waals surface area contributed by atoms with E-state index in [1.807, 2.05) is 13.8 Å². The number of aromatic nitrogens is 1. The molecule has 4 nitrogen and oxygen atoms in total. The van der Waals surface area contributed by atoms with Crippen molar-refractivity contribution in [1.82, 2.24) is 4.98 Å². The summed E-state index contributed by atoms with van der Waals surface area (Å²) in [6, 6.07) is 5.13. The summed E-state index contributed by atoms with van der Waals surface area (Å²) < 4.78 is 11.1. The van der Waals surface area contributed by atoms with Gasteiger partial charge >= 0.3 is 0 Å². The standard InChI is InChI=1S/C15H17ClN2O2/c1-9-7-18-13(10(2)15(9)19-3)8-20-14-6-11(16)4-5-12(14)17/h4-7H,8,17H2,1-3H3. The highest BCUT2D eigenvalue weighted by molar-refractivity contribution is 6.30. The molecule has 0 amide bonds. The Kier molecular flexibility index (Phi) is 4.35. The number of pyridine rings is 1. The summed E-state index contributed by atoms with van der Waals surface area (Å²) in [6.07, 6.45) is 1.77. The van der Waals surface area contributed by atoms with Crippen LogP contribution in [-0.4, -0.2) is 12.1 Å². The van der Waals surface area contributed by atoms with E-state index in [-0.39, 0.29) is 0 Å². The maximum Gasteiger partial charge on any atom is 0.144 e. The Morgan fingerprint density at radius 2 is 2.05 bits per heavy atom. The number of methoxy groups -OCH3 is 1. The number of nitrogens with two attached hydrogens (primary N) is 1. The zero-order valence-electron chi connectivity index (χ0n) is 11.7. The Labute approximate surface area is 123 Å². The lowest BCUT2D eigenvalue weighted by atomic mass is 10.1. The van der Waals surface area contributed by atoms with Gasteiger partial charge in [0.1, 0.15) is 18.1 Å². The van der Waals surface area contributed by atoms with Crippen molar-refractivity contribution in [2.45, 2.75) is 20.5 Å². The topological polar surface area (TPSA) is 57.4 Å². The van der Waals surface area contributed by atoms with Crippen molar-refractivity contribution in [3.8, 4) is 11.5 Å². The van der Waals surface area contributed by atoms with Gasteiger partial charge < -0.3 is 15.2 Å². The van der Waals surface area contributed by atoms with Crippen LogP contribution >= 0.6 is 11.6 Å². The molecule has 0 radical (unpaired) electrons. The molecule has 5 heteroatoms. The lowest BCUT2D eigenvalue weighted by Crippen LogP contribution is -2.05. The third-order valence-corrected chi connectivity index (χ3v) is 3.32. The number of aryl methyl sites for hydroxylation is 1. The van der Waals surface area contributed by atoms with Crippen molar-refractivity contribution in [3.05, 3.63) is 46.2 Å². The highest BCUT2D eigenvalue weighted by atomic mass is 35.5. The number of hydrogen-bond acceptors (Lipinski definition) is 4. The molecule has 0 aliphatic carbocycles. The molecule has 0 bridgehead atoms. The number of ether oxygens (including phenoxy) is 2. The number of rotatable bonds is 4. The number of benzene rings is 1. The molecule has 0 fully saturated rings. The second kappa shape index (κ2) is 6.01. The van der Waals surface area contributed by atoms with Crippen molar-refractivity contribution in [3.63, 3.8) is 0 Å². The summed E-state index contributed by atoms with van der Waals surface area (Å²) in [5, 5.41) is 0.584. The van der Waals surface area contributed by atoms with E-state index in [9.17, 15) is 0 Å². The fraction of sp³-hybridized carbons (Fsp3) is 0.267. The van der Waals surface area contributed by atoms with Gasteiger partial charge in [-0.15, -0.1) is 0 Å². The average molecular weight is 293 g/mol. The smallest absolute Gasteiger partial charge is 0.144 e. The highest BCUT2D eigenvalue weighted by Crippen LogP contribution is 2.28. The van der Waals surface area contributed by atoms with E-state index in [0.29, 0.717) is 23.1 Å². The highest BCUT2D eigenvalue weighted by Gasteiger charge is 2.10. The number of anilines is 1. The molecule has 0 aliphatic heterocycles. The molecule has 1 heterocycles. The van der Waals surface area contributed by atoms with Crippen molar-refractivity contribution in [2.75, 3.05) is 12.8 Å². The van der Waals surface area contributed by atoms with Crippen LogP contribution in [-0.2, 0) is 6.61 Å². The second-order valence-electron chi connectivity index (χ2n) is 4.52. The van der Waals surface area contributed by atoms with Crippen LogP contribution in [0, 0.1) is 13.8 Å². The van der Waals surface area contributed by atoms with Crippen LogP contribution in [0.3, 0.4) is 0 Å². The van der Waals surface area contributed by atoms with E-state index < -0.39 is 0 Å². The molecule has 0 aliphatic rings. The Bertz CT molecular complexity index is 630. The first-order chi connectivity index (χ1) is 9.52. The van der Waals surface area contributed by atoms with E-state index in [1.165, 1.54) is 0 Å². The lowest BCUT2D eigenvalue weighted by Gasteiger charge is -2.14. The summed E-state index contributed by atoms with van der Waals surface area (Å²) in [6.45, 7) is 4.23. The third-order valence-electron chi connectivity index (χ3n) is 3.09. The van der Waals surface area contributed by atoms with Gasteiger partial charge in [-0.05, 0) is 26.0 Å². The summed E-state index contributed by atoms with van der Waals surface area (Å²) >= 11 is 5.93. The van der Waals surface area contributed by atoms with Gasteiger partial charge in [0.2, 0.25) is 0 Å². The first kappa shape index (κ1) is 14.5. The molecule has 2 N–H and O–H groups in total. The molecular formula is C15H17ClN2O2. The van der Waals surface area contributed by atoms with Gasteiger partial charge in [0.15, 0.2) is 0 Å². The van der Waals surface area contributed by atoms with Gasteiger partial charge in [0.25, 0.3) is 0 Å². The largest absolute Gasteiger partial charge is 0.496 e. The second-order valence-corrected chi connectivity index (χ2v) is 4.95. The zero-order chi connectivity index (χ0) is 14.7. The van der Waals surface area contributed by atoms with Crippen LogP contribution in [0.4, 0.5) is 5.69 Å². The quantitative estimate of drug-likeness (QED) is 0.876. The van der Waals surface area contributed by atoms with Crippen LogP contribution in [0.1, 0.15) is 16.8 Å². The minimum Gasteiger partial charge on any atom is -0.496 e. The Morgan fingerprint density at radius 1 is 1.30 bits per heavy atom. The van der Waals surface area contributed by atoms with E-state index in [1.54, 1.807) is 31.5 Å². The number of hydrogen-bond donors (Lipinski definition) is 1. The van der Waals surface area contributed by atoms with Gasteiger partial charge in [0.05, 0.1) is 18.5 Å². The van der Waals surface area contributed by atoms with Gasteiger partial charge in [-0.1, -0.05) is 11.6 Å². The summed E-state index contributed by atoms with van der Waals surface area (Å²) in [5.41, 5.74) is 9.16. The molecule has 0 saturated carbocycles. The lowest BCUT2D eigenvalue weighted by molar-refractivity contribution is 0.300. The predicted octanol–water partition coefficient (Wildman–Crippen LogP) is 3.52. The normalized spacial score (nSPS) is 10.4. The van der Waals surface area contributed by atoms with E-state index in [0.717, 1.165) is 22.6 Å². The van der Waals surface area contributed by atoms with E-state index in [2.05, 4.69) is 4.98 Å². The predicted molar refractivity (Wildman–Crippen MR) is 80.5 cm³/mol. The maximum absolute atomic E-state index is 5.93. The molecule has 2 aromatic rings. The average Bonchev–Trinajstić information content (AvgIpc) is 2.42. The van der Waals surface area contributed by atoms with Crippen LogP contribution in [0.5, 0.6) is 11.5 Å². The number of nitrogen functional groups attached to an aromatic ring is 1. The van der Waals surface area contributed by atoms with Crippen molar-refractivity contribution >= 4 is 17.3 Å². The Morgan fingerprint density at radius 3 is 2.75 bits per heavy atom. The minimum absolute atomic E-state index is 0.313. The first-order valence-electron chi connectivity index (χ1n) is 6.19. The number of halogens is 1. The monoisotopic (exact) mass is 292 g/mol. The first-order valence-corrected chi connectivity index (χ1v) is 6.57. The molecule has 1 aromatic heterocycles. The van der Waals surface area contributed by atoms with Gasteiger partial charge in [-0.2, -0.15) is 0 Å². The Hall–Kier alpha value is -1.94. The van der Waals surface area contributed by atoms with Gasteiger partial charge in [-0.25, -0.2) is 0 Å². The molecule has 20 heavy (non-hydrogen) atoms. The molecule has 2 rings (SSSR count). The van der Waals surface area contributed by atoms with Gasteiger partial charge in [0, 0.05) is 28.4 Å². The van der Waals surface area contributed by atoms with Gasteiger partial charge in [-0.3, -0.25) is 4.98 Å². The van der Waals surface area contributed by atoms with Crippen LogP contribution in [0.2, 0.25) is 5.02 Å². The van der Waals surface area contributed by atoms with Crippen molar-refractivity contribution in [2.24, 2.45) is 0 Å². The summed E-state index contributed by atoms with van der Waals surface area (Å²) in [4.78, 5) is 4.37. The summed E-state index contributed by atoms with van der Waals surface area (Å²) in [5.74, 6) is 1.39.